The lowest BCUT2D eigenvalue weighted by Gasteiger charge is -2.38. The molecule has 0 radical (unpaired) electrons. The van der Waals surface area contributed by atoms with Crippen molar-refractivity contribution >= 4 is 17.9 Å². The maximum atomic E-state index is 11.3. The summed E-state index contributed by atoms with van der Waals surface area (Å²) in [6, 6.07) is 7.82. The number of rotatable bonds is 3. The summed E-state index contributed by atoms with van der Waals surface area (Å²) in [5.41, 5.74) is 7.09. The van der Waals surface area contributed by atoms with Crippen molar-refractivity contribution < 1.29 is 9.59 Å². The first-order valence-electron chi connectivity index (χ1n) is 6.23. The number of carbonyl (C=O) groups is 2. The summed E-state index contributed by atoms with van der Waals surface area (Å²) in [6.07, 6.45) is 2.65. The highest BCUT2D eigenvalue weighted by atomic mass is 16.1. The molecule has 1 heterocycles. The number of piperidine rings is 1. The average Bonchev–Trinajstić information content (AvgIpc) is 2.39. The molecule has 4 heteroatoms. The molecule has 2 atom stereocenters. The van der Waals surface area contributed by atoms with Gasteiger partial charge < -0.3 is 10.6 Å². The number of benzene rings is 1. The van der Waals surface area contributed by atoms with Crippen molar-refractivity contribution in [2.75, 3.05) is 11.4 Å². The zero-order valence-electron chi connectivity index (χ0n) is 10.5. The van der Waals surface area contributed by atoms with Crippen LogP contribution in [0.1, 0.15) is 30.1 Å². The molecule has 1 saturated heterocycles. The number of nitrogens with zero attached hydrogens (tertiary/aromatic N) is 1. The molecule has 96 valence electrons. The van der Waals surface area contributed by atoms with E-state index in [2.05, 4.69) is 11.8 Å². The molecule has 4 nitrogen and oxygen atoms in total. The van der Waals surface area contributed by atoms with Crippen molar-refractivity contribution in [3.8, 4) is 0 Å². The van der Waals surface area contributed by atoms with E-state index in [9.17, 15) is 9.59 Å². The molecule has 1 aliphatic rings. The van der Waals surface area contributed by atoms with Crippen molar-refractivity contribution in [3.05, 3.63) is 29.8 Å². The Balaban J connectivity index is 2.18. The minimum Gasteiger partial charge on any atom is -0.369 e. The predicted octanol–water partition coefficient (Wildman–Crippen LogP) is 1.59. The van der Waals surface area contributed by atoms with Crippen LogP contribution in [0.3, 0.4) is 0 Å². The molecule has 0 aliphatic carbocycles. The van der Waals surface area contributed by atoms with Gasteiger partial charge in [0.05, 0.1) is 5.92 Å². The summed E-state index contributed by atoms with van der Waals surface area (Å²) in [4.78, 5) is 24.1. The van der Waals surface area contributed by atoms with Gasteiger partial charge in [0.1, 0.15) is 6.29 Å². The fourth-order valence-corrected chi connectivity index (χ4v) is 2.44. The van der Waals surface area contributed by atoms with Gasteiger partial charge in [-0.05, 0) is 44.0 Å². The molecule has 2 N–H and O–H groups in total. The molecule has 1 aliphatic heterocycles. The SMILES string of the molecule is CC1CCC(C(N)=O)CN1c1ccc(C=O)cc1. The molecule has 0 spiro atoms. The first-order chi connectivity index (χ1) is 8.61. The van der Waals surface area contributed by atoms with E-state index in [0.717, 1.165) is 24.8 Å². The van der Waals surface area contributed by atoms with E-state index in [0.29, 0.717) is 18.2 Å². The van der Waals surface area contributed by atoms with Crippen molar-refractivity contribution in [1.29, 1.82) is 0 Å². The number of carbonyl (C=O) groups excluding carboxylic acids is 2. The number of hydrogen-bond donors (Lipinski definition) is 1. The Morgan fingerprint density at radius 1 is 1.33 bits per heavy atom. The number of primary amides is 1. The van der Waals surface area contributed by atoms with Crippen LogP contribution in [0.4, 0.5) is 5.69 Å². The zero-order valence-corrected chi connectivity index (χ0v) is 10.5. The first kappa shape index (κ1) is 12.6. The molecule has 1 aromatic carbocycles. The zero-order chi connectivity index (χ0) is 13.1. The fourth-order valence-electron chi connectivity index (χ4n) is 2.44. The van der Waals surface area contributed by atoms with Gasteiger partial charge in [-0.15, -0.1) is 0 Å². The van der Waals surface area contributed by atoms with Crippen LogP contribution >= 0.6 is 0 Å². The van der Waals surface area contributed by atoms with Gasteiger partial charge in [0.25, 0.3) is 0 Å². The van der Waals surface area contributed by atoms with Gasteiger partial charge in [0, 0.05) is 23.8 Å². The Bertz CT molecular complexity index is 442. The monoisotopic (exact) mass is 246 g/mol. The minimum atomic E-state index is -0.226. The summed E-state index contributed by atoms with van der Waals surface area (Å²) >= 11 is 0. The predicted molar refractivity (Wildman–Crippen MR) is 70.6 cm³/mol. The van der Waals surface area contributed by atoms with Crippen molar-refractivity contribution in [3.63, 3.8) is 0 Å². The molecular weight excluding hydrogens is 228 g/mol. The molecule has 2 rings (SSSR count). The summed E-state index contributed by atoms with van der Waals surface area (Å²) in [6.45, 7) is 2.81. The van der Waals surface area contributed by atoms with Crippen LogP contribution in [-0.4, -0.2) is 24.8 Å². The fraction of sp³-hybridized carbons (Fsp3) is 0.429. The Kier molecular flexibility index (Phi) is 3.65. The number of aldehydes is 1. The molecule has 0 saturated carbocycles. The van der Waals surface area contributed by atoms with E-state index in [4.69, 9.17) is 5.73 Å². The van der Waals surface area contributed by atoms with Crippen molar-refractivity contribution in [2.45, 2.75) is 25.8 Å². The van der Waals surface area contributed by atoms with E-state index < -0.39 is 0 Å². The molecule has 0 aromatic heterocycles. The van der Waals surface area contributed by atoms with Crippen LogP contribution < -0.4 is 10.6 Å². The van der Waals surface area contributed by atoms with Gasteiger partial charge in [0.15, 0.2) is 0 Å². The van der Waals surface area contributed by atoms with Crippen LogP contribution in [0.25, 0.3) is 0 Å². The second-order valence-corrected chi connectivity index (χ2v) is 4.89. The maximum absolute atomic E-state index is 11.3. The molecule has 2 unspecified atom stereocenters. The highest BCUT2D eigenvalue weighted by Crippen LogP contribution is 2.27. The van der Waals surface area contributed by atoms with Gasteiger partial charge in [-0.25, -0.2) is 0 Å². The van der Waals surface area contributed by atoms with E-state index in [1.54, 1.807) is 12.1 Å². The third-order valence-corrected chi connectivity index (χ3v) is 3.65. The lowest BCUT2D eigenvalue weighted by Crippen LogP contribution is -2.45. The quantitative estimate of drug-likeness (QED) is 0.824. The van der Waals surface area contributed by atoms with E-state index in [1.165, 1.54) is 0 Å². The van der Waals surface area contributed by atoms with Gasteiger partial charge in [-0.1, -0.05) is 0 Å². The van der Waals surface area contributed by atoms with Crippen LogP contribution in [0.2, 0.25) is 0 Å². The number of amides is 1. The van der Waals surface area contributed by atoms with Crippen LogP contribution in [-0.2, 0) is 4.79 Å². The Labute approximate surface area is 107 Å². The van der Waals surface area contributed by atoms with Gasteiger partial charge in [-0.3, -0.25) is 9.59 Å². The minimum absolute atomic E-state index is 0.0769. The average molecular weight is 246 g/mol. The van der Waals surface area contributed by atoms with Gasteiger partial charge >= 0.3 is 0 Å². The Hall–Kier alpha value is -1.84. The molecule has 1 fully saturated rings. The molecule has 1 amide bonds. The number of hydrogen-bond acceptors (Lipinski definition) is 3. The van der Waals surface area contributed by atoms with Gasteiger partial charge in [-0.2, -0.15) is 0 Å². The van der Waals surface area contributed by atoms with Gasteiger partial charge in [0.2, 0.25) is 5.91 Å². The Morgan fingerprint density at radius 3 is 2.56 bits per heavy atom. The maximum Gasteiger partial charge on any atom is 0.222 e. The van der Waals surface area contributed by atoms with Crippen LogP contribution in [0.5, 0.6) is 0 Å². The largest absolute Gasteiger partial charge is 0.369 e. The van der Waals surface area contributed by atoms with Crippen LogP contribution in [0.15, 0.2) is 24.3 Å². The Morgan fingerprint density at radius 2 is 2.00 bits per heavy atom. The lowest BCUT2D eigenvalue weighted by atomic mass is 9.92. The molecule has 18 heavy (non-hydrogen) atoms. The number of nitrogens with two attached hydrogens (primary N) is 1. The van der Waals surface area contributed by atoms with Crippen molar-refractivity contribution in [2.24, 2.45) is 11.7 Å². The van der Waals surface area contributed by atoms with E-state index >= 15 is 0 Å². The van der Waals surface area contributed by atoms with Crippen LogP contribution in [0, 0.1) is 5.92 Å². The molecule has 1 aromatic rings. The second kappa shape index (κ2) is 5.21. The summed E-state index contributed by atoms with van der Waals surface area (Å²) in [7, 11) is 0. The number of anilines is 1. The lowest BCUT2D eigenvalue weighted by molar-refractivity contribution is -0.122. The normalized spacial score (nSPS) is 23.7. The highest BCUT2D eigenvalue weighted by molar-refractivity contribution is 5.78. The second-order valence-electron chi connectivity index (χ2n) is 4.89. The first-order valence-corrected chi connectivity index (χ1v) is 6.23. The standard InChI is InChI=1S/C14H18N2O2/c1-10-2-5-12(14(15)18)8-16(10)13-6-3-11(9-17)4-7-13/h3-4,6-7,9-10,12H,2,5,8H2,1H3,(H2,15,18). The molecular formula is C14H18N2O2. The van der Waals surface area contributed by atoms with E-state index in [1.807, 2.05) is 12.1 Å². The highest BCUT2D eigenvalue weighted by Gasteiger charge is 2.28. The summed E-state index contributed by atoms with van der Waals surface area (Å²) in [5, 5.41) is 0. The third kappa shape index (κ3) is 2.53. The summed E-state index contributed by atoms with van der Waals surface area (Å²) in [5.74, 6) is -0.302. The van der Waals surface area contributed by atoms with Crippen molar-refractivity contribution in [1.82, 2.24) is 0 Å². The third-order valence-electron chi connectivity index (χ3n) is 3.65. The van der Waals surface area contributed by atoms with E-state index in [-0.39, 0.29) is 11.8 Å². The molecule has 0 bridgehead atoms. The smallest absolute Gasteiger partial charge is 0.222 e. The topological polar surface area (TPSA) is 63.4 Å². The summed E-state index contributed by atoms with van der Waals surface area (Å²) < 4.78 is 0.